The summed E-state index contributed by atoms with van der Waals surface area (Å²) in [5.74, 6) is -3.25. The molecule has 214 valence electrons. The minimum Gasteiger partial charge on any atom is -0.486 e. The SMILES string of the molecule is COC(=O)[C@H](Cc1cc(Cl)c(OCc2cc([N+](=O)[O-])cc3nc(-c4ccccc4)oc23)c(Cl)c1)NC(=O)C(F)(F)F. The van der Waals surface area contributed by atoms with E-state index in [1.807, 2.05) is 6.07 Å². The quantitative estimate of drug-likeness (QED) is 0.137. The zero-order chi connectivity index (χ0) is 29.9. The Morgan fingerprint density at radius 3 is 2.37 bits per heavy atom. The molecule has 0 fully saturated rings. The van der Waals surface area contributed by atoms with Crippen LogP contribution < -0.4 is 10.1 Å². The highest BCUT2D eigenvalue weighted by Gasteiger charge is 2.41. The van der Waals surface area contributed by atoms with E-state index in [-0.39, 0.29) is 56.2 Å². The number of rotatable bonds is 9. The third kappa shape index (κ3) is 6.87. The summed E-state index contributed by atoms with van der Waals surface area (Å²) >= 11 is 12.6. The van der Waals surface area contributed by atoms with E-state index in [1.165, 1.54) is 24.3 Å². The Kier molecular flexibility index (Phi) is 8.69. The molecule has 10 nitrogen and oxygen atoms in total. The summed E-state index contributed by atoms with van der Waals surface area (Å²) in [6.07, 6.45) is -5.65. The number of nitro groups is 1. The molecule has 41 heavy (non-hydrogen) atoms. The summed E-state index contributed by atoms with van der Waals surface area (Å²) in [5, 5.41) is 12.9. The highest BCUT2D eigenvalue weighted by atomic mass is 35.5. The summed E-state index contributed by atoms with van der Waals surface area (Å²) in [6.45, 7) is -0.285. The second-order valence-electron chi connectivity index (χ2n) is 8.52. The van der Waals surface area contributed by atoms with Gasteiger partial charge in [-0.15, -0.1) is 0 Å². The van der Waals surface area contributed by atoms with Crippen LogP contribution in [0.1, 0.15) is 11.1 Å². The van der Waals surface area contributed by atoms with E-state index >= 15 is 0 Å². The summed E-state index contributed by atoms with van der Waals surface area (Å²) in [6, 6.07) is 12.3. The normalized spacial score (nSPS) is 12.1. The van der Waals surface area contributed by atoms with Gasteiger partial charge in [-0.05, 0) is 29.8 Å². The Morgan fingerprint density at radius 1 is 1.12 bits per heavy atom. The van der Waals surface area contributed by atoms with E-state index in [9.17, 15) is 32.9 Å². The molecular formula is C26H18Cl2F3N3O7. The molecular weight excluding hydrogens is 594 g/mol. The zero-order valence-electron chi connectivity index (χ0n) is 20.8. The van der Waals surface area contributed by atoms with Gasteiger partial charge in [0.15, 0.2) is 11.3 Å². The van der Waals surface area contributed by atoms with Crippen LogP contribution in [0, 0.1) is 10.1 Å². The van der Waals surface area contributed by atoms with Crippen molar-refractivity contribution in [1.82, 2.24) is 10.3 Å². The van der Waals surface area contributed by atoms with E-state index < -0.39 is 35.4 Å². The van der Waals surface area contributed by atoms with Gasteiger partial charge in [0.2, 0.25) is 5.89 Å². The number of amides is 1. The van der Waals surface area contributed by atoms with Gasteiger partial charge in [-0.3, -0.25) is 14.9 Å². The number of nitrogens with zero attached hydrogens (tertiary/aromatic N) is 2. The highest BCUT2D eigenvalue weighted by Crippen LogP contribution is 2.37. The molecule has 0 unspecified atom stereocenters. The number of carbonyl (C=O) groups excluding carboxylic acids is 2. The van der Waals surface area contributed by atoms with Crippen molar-refractivity contribution >= 4 is 51.9 Å². The molecule has 0 bridgehead atoms. The third-order valence-electron chi connectivity index (χ3n) is 5.70. The lowest BCUT2D eigenvalue weighted by atomic mass is 10.1. The molecule has 15 heteroatoms. The number of halogens is 5. The van der Waals surface area contributed by atoms with Gasteiger partial charge in [0.1, 0.15) is 18.2 Å². The lowest BCUT2D eigenvalue weighted by Crippen LogP contribution is -2.48. The van der Waals surface area contributed by atoms with Crippen LogP contribution in [-0.2, 0) is 27.4 Å². The molecule has 4 rings (SSSR count). The van der Waals surface area contributed by atoms with Crippen LogP contribution in [0.4, 0.5) is 18.9 Å². The first-order valence-corrected chi connectivity index (χ1v) is 12.3. The van der Waals surface area contributed by atoms with Gasteiger partial charge in [-0.2, -0.15) is 13.2 Å². The number of non-ortho nitro benzene ring substituents is 1. The zero-order valence-corrected chi connectivity index (χ0v) is 22.3. The fourth-order valence-electron chi connectivity index (χ4n) is 3.83. The number of carbonyl (C=O) groups is 2. The molecule has 1 heterocycles. The van der Waals surface area contributed by atoms with E-state index in [0.717, 1.165) is 7.11 Å². The molecule has 4 aromatic rings. The predicted octanol–water partition coefficient (Wildman–Crippen LogP) is 6.05. The van der Waals surface area contributed by atoms with Gasteiger partial charge in [-0.1, -0.05) is 41.4 Å². The molecule has 0 radical (unpaired) electrons. The number of methoxy groups -OCH3 is 1. The Bertz CT molecular complexity index is 1610. The van der Waals surface area contributed by atoms with E-state index in [4.69, 9.17) is 32.4 Å². The number of fused-ring (bicyclic) bond motifs is 1. The fourth-order valence-corrected chi connectivity index (χ4v) is 4.47. The molecule has 0 spiro atoms. The molecule has 0 aliphatic heterocycles. The van der Waals surface area contributed by atoms with E-state index in [2.05, 4.69) is 9.72 Å². The number of benzene rings is 3. The first-order chi connectivity index (χ1) is 19.4. The summed E-state index contributed by atoms with van der Waals surface area (Å²) < 4.78 is 54.3. The Morgan fingerprint density at radius 2 is 1.78 bits per heavy atom. The third-order valence-corrected chi connectivity index (χ3v) is 6.26. The number of nitrogens with one attached hydrogen (secondary N) is 1. The average molecular weight is 612 g/mol. The van der Waals surface area contributed by atoms with Gasteiger partial charge in [0.25, 0.3) is 5.69 Å². The average Bonchev–Trinajstić information content (AvgIpc) is 3.36. The van der Waals surface area contributed by atoms with Crippen molar-refractivity contribution in [2.75, 3.05) is 7.11 Å². The van der Waals surface area contributed by atoms with Gasteiger partial charge in [0.05, 0.1) is 22.1 Å². The standard InChI is InChI=1S/C26H18Cl2F3N3O7/c1-39-24(35)20(33-25(36)26(29,30)31)9-13-7-17(27)22(18(28)8-13)40-12-15-10-16(34(37)38)11-19-21(15)41-23(32-19)14-5-3-2-4-6-14/h2-8,10-11,20H,9,12H2,1H3,(H,33,36)/t20-/m0/s1. The molecule has 0 saturated heterocycles. The minimum atomic E-state index is -5.22. The van der Waals surface area contributed by atoms with Crippen LogP contribution in [0.5, 0.6) is 5.75 Å². The molecule has 0 saturated carbocycles. The van der Waals surface area contributed by atoms with Crippen molar-refractivity contribution in [2.45, 2.75) is 25.2 Å². The van der Waals surface area contributed by atoms with Crippen LogP contribution in [0.25, 0.3) is 22.6 Å². The maximum absolute atomic E-state index is 12.7. The summed E-state index contributed by atoms with van der Waals surface area (Å²) in [7, 11) is 0.953. The number of alkyl halides is 3. The molecule has 1 amide bonds. The lowest BCUT2D eigenvalue weighted by Gasteiger charge is -2.18. The molecule has 1 aromatic heterocycles. The first kappa shape index (κ1) is 29.6. The molecule has 3 aromatic carbocycles. The van der Waals surface area contributed by atoms with Crippen LogP contribution in [0.2, 0.25) is 10.0 Å². The van der Waals surface area contributed by atoms with Gasteiger partial charge in [0, 0.05) is 29.7 Å². The van der Waals surface area contributed by atoms with Crippen LogP contribution in [0.15, 0.2) is 59.0 Å². The fraction of sp³-hybridized carbons (Fsp3) is 0.192. The Hall–Kier alpha value is -4.36. The van der Waals surface area contributed by atoms with Crippen molar-refractivity contribution in [3.05, 3.63) is 85.9 Å². The summed E-state index contributed by atoms with van der Waals surface area (Å²) in [4.78, 5) is 38.6. The molecule has 0 aliphatic rings. The molecule has 0 aliphatic carbocycles. The van der Waals surface area contributed by atoms with Crippen LogP contribution in [0.3, 0.4) is 0 Å². The molecule has 1 atom stereocenters. The van der Waals surface area contributed by atoms with Crippen LogP contribution >= 0.6 is 23.2 Å². The van der Waals surface area contributed by atoms with Gasteiger partial charge in [-0.25, -0.2) is 9.78 Å². The number of ether oxygens (including phenoxy) is 2. The van der Waals surface area contributed by atoms with E-state index in [1.54, 1.807) is 29.6 Å². The maximum Gasteiger partial charge on any atom is 0.471 e. The van der Waals surface area contributed by atoms with Crippen molar-refractivity contribution in [3.63, 3.8) is 0 Å². The molecule has 1 N–H and O–H groups in total. The largest absolute Gasteiger partial charge is 0.486 e. The number of nitro benzene ring substituents is 1. The number of hydrogen-bond donors (Lipinski definition) is 1. The monoisotopic (exact) mass is 611 g/mol. The Balaban J connectivity index is 1.60. The number of hydrogen-bond acceptors (Lipinski definition) is 8. The lowest BCUT2D eigenvalue weighted by molar-refractivity contribution is -0.384. The second kappa shape index (κ2) is 12.0. The van der Waals surface area contributed by atoms with Crippen LogP contribution in [-0.4, -0.2) is 41.1 Å². The van der Waals surface area contributed by atoms with Gasteiger partial charge < -0.3 is 19.2 Å². The second-order valence-corrected chi connectivity index (χ2v) is 9.34. The van der Waals surface area contributed by atoms with Gasteiger partial charge >= 0.3 is 18.1 Å². The smallest absolute Gasteiger partial charge is 0.471 e. The minimum absolute atomic E-state index is 0.0477. The van der Waals surface area contributed by atoms with E-state index in [0.29, 0.717) is 5.56 Å². The summed E-state index contributed by atoms with van der Waals surface area (Å²) in [5.41, 5.74) is 1.30. The topological polar surface area (TPSA) is 134 Å². The predicted molar refractivity (Wildman–Crippen MR) is 141 cm³/mol. The van der Waals surface area contributed by atoms with Crippen molar-refractivity contribution in [3.8, 4) is 17.2 Å². The Labute approximate surface area is 239 Å². The van der Waals surface area contributed by atoms with Crippen molar-refractivity contribution < 1.29 is 41.6 Å². The van der Waals surface area contributed by atoms with Crippen molar-refractivity contribution in [1.29, 1.82) is 0 Å². The highest BCUT2D eigenvalue weighted by molar-refractivity contribution is 6.37. The van der Waals surface area contributed by atoms with Crippen molar-refractivity contribution in [2.24, 2.45) is 0 Å². The number of esters is 1. The maximum atomic E-state index is 12.7. The number of oxazole rings is 1. The first-order valence-electron chi connectivity index (χ1n) is 11.6. The number of aromatic nitrogens is 1.